The third-order valence-corrected chi connectivity index (χ3v) is 5.61. The smallest absolute Gasteiger partial charge is 0.542 e. The predicted molar refractivity (Wildman–Crippen MR) is 102 cm³/mol. The molecule has 0 spiro atoms. The average molecular weight is 514 g/mol. The van der Waals surface area contributed by atoms with Crippen LogP contribution in [0, 0.1) is 18.4 Å². The summed E-state index contributed by atoms with van der Waals surface area (Å²) in [5, 5.41) is 0. The number of rotatable bonds is 9. The van der Waals surface area contributed by atoms with Gasteiger partial charge in [0.05, 0.1) is 18.6 Å². The molecule has 0 amide bonds. The minimum atomic E-state index is 0. The first-order valence-corrected chi connectivity index (χ1v) is 10.2. The molecule has 1 unspecified atom stereocenters. The Morgan fingerprint density at radius 1 is 1.11 bits per heavy atom. The van der Waals surface area contributed by atoms with Gasteiger partial charge in [0, 0.05) is 31.3 Å². The molecule has 2 atom stereocenters. The predicted octanol–water partition coefficient (Wildman–Crippen LogP) is 1.16. The Bertz CT molecular complexity index is 553. The topological polar surface area (TPSA) is 46.2 Å². The summed E-state index contributed by atoms with van der Waals surface area (Å²) in [6, 6.07) is 6.09. The molecule has 2 fully saturated rings. The van der Waals surface area contributed by atoms with E-state index in [0.29, 0.717) is 25.0 Å². The molecule has 0 saturated carbocycles. The molecular formula is C20H29CsO5S. The largest absolute Gasteiger partial charge is 1.00 e. The number of thioether (sulfide) groups is 1. The minimum Gasteiger partial charge on any atom is -0.542 e. The van der Waals surface area contributed by atoms with Gasteiger partial charge in [-0.3, -0.25) is 0 Å². The molecule has 146 valence electrons. The van der Waals surface area contributed by atoms with Crippen LogP contribution in [0.2, 0.25) is 0 Å². The molecule has 0 N–H and O–H groups in total. The fourth-order valence-electron chi connectivity index (χ4n) is 3.01. The summed E-state index contributed by atoms with van der Waals surface area (Å²) in [6.45, 7) is 7.58. The fourth-order valence-corrected chi connectivity index (χ4v) is 4.21. The third-order valence-electron chi connectivity index (χ3n) is 4.53. The van der Waals surface area contributed by atoms with Gasteiger partial charge in [0.25, 0.3) is 0 Å². The molecular weight excluding hydrogens is 485 g/mol. The maximum atomic E-state index is 6.09. The van der Waals surface area contributed by atoms with E-state index in [-0.39, 0.29) is 74.3 Å². The van der Waals surface area contributed by atoms with Gasteiger partial charge in [-0.1, -0.05) is 18.7 Å². The Morgan fingerprint density at radius 2 is 1.85 bits per heavy atom. The second kappa shape index (κ2) is 13.4. The van der Waals surface area contributed by atoms with Crippen molar-refractivity contribution in [3.8, 4) is 11.5 Å². The summed E-state index contributed by atoms with van der Waals surface area (Å²) in [5.74, 6) is 2.72. The second-order valence-corrected chi connectivity index (χ2v) is 8.11. The maximum absolute atomic E-state index is 6.09. The van der Waals surface area contributed by atoms with E-state index in [2.05, 4.69) is 13.0 Å². The van der Waals surface area contributed by atoms with E-state index in [1.165, 1.54) is 0 Å². The Kier molecular flexibility index (Phi) is 12.1. The van der Waals surface area contributed by atoms with Crippen LogP contribution in [0.5, 0.6) is 11.5 Å². The van der Waals surface area contributed by atoms with Gasteiger partial charge in [-0.25, -0.2) is 6.61 Å². The molecule has 3 rings (SSSR count). The number of ether oxygens (including phenoxy) is 5. The normalized spacial score (nSPS) is 23.0. The van der Waals surface area contributed by atoms with Crippen LogP contribution in [-0.2, 0) is 14.2 Å². The summed E-state index contributed by atoms with van der Waals surface area (Å²) in [4.78, 5) is 1.11. The van der Waals surface area contributed by atoms with E-state index in [0.717, 1.165) is 55.5 Å². The zero-order valence-corrected chi connectivity index (χ0v) is 23.7. The van der Waals surface area contributed by atoms with Crippen molar-refractivity contribution in [1.29, 1.82) is 0 Å². The standard InChI is InChI=1S/C20H29O5S.Cs/c1-15-9-20(25-13-15)26-19-11-17(23-8-7-21-2)10-18(12-19)24-14-16-3-5-22-6-4-16;/h10-13,15-16,20H,3-9,14H2,1-2H3;/q-1;+1/t15-,20?;/m1./s1. The molecule has 0 aliphatic carbocycles. The Morgan fingerprint density at radius 3 is 2.52 bits per heavy atom. The van der Waals surface area contributed by atoms with E-state index in [4.69, 9.17) is 23.7 Å². The monoisotopic (exact) mass is 514 g/mol. The van der Waals surface area contributed by atoms with Crippen molar-refractivity contribution in [3.05, 3.63) is 24.8 Å². The zero-order valence-electron chi connectivity index (χ0n) is 16.6. The molecule has 2 aliphatic rings. The second-order valence-electron chi connectivity index (χ2n) is 6.88. The number of hydrogen-bond donors (Lipinski definition) is 0. The summed E-state index contributed by atoms with van der Waals surface area (Å²) in [7, 11) is 1.67. The molecule has 2 saturated heterocycles. The molecule has 0 bridgehead atoms. The molecule has 2 heterocycles. The summed E-state index contributed by atoms with van der Waals surface area (Å²) < 4.78 is 28.1. The van der Waals surface area contributed by atoms with Crippen molar-refractivity contribution >= 4 is 11.8 Å². The zero-order chi connectivity index (χ0) is 18.2. The van der Waals surface area contributed by atoms with Gasteiger partial charge in [0.1, 0.15) is 18.1 Å². The molecule has 1 aromatic rings. The molecule has 0 radical (unpaired) electrons. The maximum Gasteiger partial charge on any atom is 1.00 e. The van der Waals surface area contributed by atoms with Crippen LogP contribution in [0.25, 0.3) is 0 Å². The Hall–Kier alpha value is 1.10. The number of hydrogen-bond acceptors (Lipinski definition) is 6. The molecule has 27 heavy (non-hydrogen) atoms. The summed E-state index contributed by atoms with van der Waals surface area (Å²) >= 11 is 1.72. The van der Waals surface area contributed by atoms with Crippen molar-refractivity contribution < 1.29 is 92.6 Å². The minimum absolute atomic E-state index is 0. The fraction of sp³-hybridized carbons (Fsp3) is 0.650. The van der Waals surface area contributed by atoms with Gasteiger partial charge in [0.15, 0.2) is 0 Å². The first-order valence-electron chi connectivity index (χ1n) is 9.36. The van der Waals surface area contributed by atoms with E-state index in [9.17, 15) is 0 Å². The van der Waals surface area contributed by atoms with Crippen LogP contribution in [0.1, 0.15) is 26.2 Å². The van der Waals surface area contributed by atoms with Crippen molar-refractivity contribution in [2.45, 2.75) is 36.5 Å². The van der Waals surface area contributed by atoms with Crippen LogP contribution < -0.4 is 78.4 Å². The van der Waals surface area contributed by atoms with E-state index in [1.807, 2.05) is 18.7 Å². The van der Waals surface area contributed by atoms with Gasteiger partial charge < -0.3 is 23.7 Å². The average Bonchev–Trinajstić information content (AvgIpc) is 3.06. The number of methoxy groups -OCH3 is 1. The molecule has 0 aromatic heterocycles. The van der Waals surface area contributed by atoms with Crippen LogP contribution in [0.4, 0.5) is 0 Å². The van der Waals surface area contributed by atoms with Gasteiger partial charge in [0.2, 0.25) is 0 Å². The number of benzene rings is 1. The Labute approximate surface area is 226 Å². The van der Waals surface area contributed by atoms with Crippen LogP contribution >= 0.6 is 11.8 Å². The van der Waals surface area contributed by atoms with Crippen LogP contribution in [-0.4, -0.2) is 45.6 Å². The van der Waals surface area contributed by atoms with Crippen molar-refractivity contribution in [2.24, 2.45) is 11.8 Å². The van der Waals surface area contributed by atoms with Crippen LogP contribution in [0.3, 0.4) is 0 Å². The Balaban J connectivity index is 0.00000261. The molecule has 1 aromatic carbocycles. The van der Waals surface area contributed by atoms with Crippen molar-refractivity contribution in [3.63, 3.8) is 0 Å². The molecule has 7 heteroatoms. The first kappa shape index (κ1) is 24.4. The van der Waals surface area contributed by atoms with Crippen molar-refractivity contribution in [1.82, 2.24) is 0 Å². The van der Waals surface area contributed by atoms with E-state index >= 15 is 0 Å². The van der Waals surface area contributed by atoms with E-state index < -0.39 is 0 Å². The summed E-state index contributed by atoms with van der Waals surface area (Å²) in [6.07, 6.45) is 3.15. The summed E-state index contributed by atoms with van der Waals surface area (Å²) in [5.41, 5.74) is 0.155. The van der Waals surface area contributed by atoms with E-state index in [1.54, 1.807) is 18.9 Å². The van der Waals surface area contributed by atoms with Gasteiger partial charge in [-0.2, -0.15) is 0 Å². The third kappa shape index (κ3) is 8.78. The SMILES string of the molecule is COCCOc1cc(OCC2CCOCC2)cc(SC2C[C@@H](C)[CH-]O2)c1.[Cs+]. The van der Waals surface area contributed by atoms with Gasteiger partial charge in [-0.15, -0.1) is 5.92 Å². The van der Waals surface area contributed by atoms with Gasteiger partial charge in [-0.05, 0) is 37.3 Å². The molecule has 5 nitrogen and oxygen atoms in total. The van der Waals surface area contributed by atoms with Crippen LogP contribution in [0.15, 0.2) is 23.1 Å². The quantitative estimate of drug-likeness (QED) is 0.364. The first-order chi connectivity index (χ1) is 12.7. The van der Waals surface area contributed by atoms with Crippen molar-refractivity contribution in [2.75, 3.05) is 40.1 Å². The molecule has 2 aliphatic heterocycles. The van der Waals surface area contributed by atoms with Gasteiger partial charge >= 0.3 is 68.9 Å².